The number of amides is 1. The van der Waals surface area contributed by atoms with Crippen LogP contribution in [0, 0.1) is 6.92 Å². The zero-order chi connectivity index (χ0) is 22.4. The van der Waals surface area contributed by atoms with Gasteiger partial charge < -0.3 is 19.2 Å². The van der Waals surface area contributed by atoms with E-state index in [1.54, 1.807) is 38.3 Å². The number of carbonyl (C=O) groups excluding carboxylic acids is 2. The Morgan fingerprint density at radius 2 is 1.74 bits per heavy atom. The SMILES string of the molecule is COc1ccc(C(CC(=O)OC(C)c2nnc(-c3ccc(C)cc3)o2)NC(C)=O)cc1. The summed E-state index contributed by atoms with van der Waals surface area (Å²) in [6, 6.07) is 14.3. The number of nitrogens with zero attached hydrogens (tertiary/aromatic N) is 2. The van der Waals surface area contributed by atoms with Crippen LogP contribution in [0.15, 0.2) is 52.9 Å². The summed E-state index contributed by atoms with van der Waals surface area (Å²) >= 11 is 0. The predicted octanol–water partition coefficient (Wildman–Crippen LogP) is 3.93. The van der Waals surface area contributed by atoms with Gasteiger partial charge >= 0.3 is 5.97 Å². The van der Waals surface area contributed by atoms with Crippen molar-refractivity contribution in [1.29, 1.82) is 0 Å². The van der Waals surface area contributed by atoms with E-state index in [1.807, 2.05) is 31.2 Å². The highest BCUT2D eigenvalue weighted by Gasteiger charge is 2.23. The van der Waals surface area contributed by atoms with Crippen molar-refractivity contribution >= 4 is 11.9 Å². The van der Waals surface area contributed by atoms with E-state index in [0.29, 0.717) is 11.6 Å². The fraction of sp³-hybridized carbons (Fsp3) is 0.304. The number of hydrogen-bond acceptors (Lipinski definition) is 7. The molecule has 8 heteroatoms. The van der Waals surface area contributed by atoms with Crippen LogP contribution in [0.4, 0.5) is 0 Å². The number of nitrogens with one attached hydrogen (secondary N) is 1. The number of carbonyl (C=O) groups is 2. The highest BCUT2D eigenvalue weighted by atomic mass is 16.6. The van der Waals surface area contributed by atoms with Crippen LogP contribution in [0.1, 0.15) is 49.4 Å². The number of ether oxygens (including phenoxy) is 2. The molecular formula is C23H25N3O5. The summed E-state index contributed by atoms with van der Waals surface area (Å²) in [5.41, 5.74) is 2.67. The molecule has 1 N–H and O–H groups in total. The maximum Gasteiger partial charge on any atom is 0.309 e. The Kier molecular flexibility index (Phi) is 7.02. The lowest BCUT2D eigenvalue weighted by Gasteiger charge is -2.19. The molecule has 8 nitrogen and oxygen atoms in total. The van der Waals surface area contributed by atoms with Crippen molar-refractivity contribution in [1.82, 2.24) is 15.5 Å². The molecule has 3 aromatic rings. The van der Waals surface area contributed by atoms with Crippen molar-refractivity contribution in [2.45, 2.75) is 39.3 Å². The number of esters is 1. The summed E-state index contributed by atoms with van der Waals surface area (Å²) in [4.78, 5) is 24.2. The molecule has 2 atom stereocenters. The third-order valence-corrected chi connectivity index (χ3v) is 4.66. The maximum absolute atomic E-state index is 12.5. The topological polar surface area (TPSA) is 104 Å². The van der Waals surface area contributed by atoms with Crippen LogP contribution in [-0.2, 0) is 14.3 Å². The van der Waals surface area contributed by atoms with Crippen molar-refractivity contribution in [3.8, 4) is 17.2 Å². The van der Waals surface area contributed by atoms with Gasteiger partial charge in [-0.15, -0.1) is 10.2 Å². The quantitative estimate of drug-likeness (QED) is 0.548. The van der Waals surface area contributed by atoms with Gasteiger partial charge in [0.05, 0.1) is 19.6 Å². The molecule has 0 spiro atoms. The fourth-order valence-electron chi connectivity index (χ4n) is 3.01. The Morgan fingerprint density at radius 1 is 1.06 bits per heavy atom. The van der Waals surface area contributed by atoms with E-state index in [1.165, 1.54) is 6.92 Å². The minimum absolute atomic E-state index is 0.0464. The molecule has 0 fully saturated rings. The van der Waals surface area contributed by atoms with Crippen molar-refractivity contribution in [2.24, 2.45) is 0 Å². The summed E-state index contributed by atoms with van der Waals surface area (Å²) in [7, 11) is 1.57. The Balaban J connectivity index is 1.66. The van der Waals surface area contributed by atoms with Crippen LogP contribution < -0.4 is 10.1 Å². The number of aromatic nitrogens is 2. The first-order chi connectivity index (χ1) is 14.9. The Labute approximate surface area is 180 Å². The van der Waals surface area contributed by atoms with E-state index in [4.69, 9.17) is 13.9 Å². The molecule has 0 aliphatic heterocycles. The number of aryl methyl sites for hydroxylation is 1. The van der Waals surface area contributed by atoms with Crippen LogP contribution in [0.2, 0.25) is 0 Å². The molecule has 162 valence electrons. The molecular weight excluding hydrogens is 398 g/mol. The van der Waals surface area contributed by atoms with E-state index < -0.39 is 18.1 Å². The van der Waals surface area contributed by atoms with Gasteiger partial charge in [-0.2, -0.15) is 0 Å². The molecule has 0 saturated carbocycles. The Hall–Kier alpha value is -3.68. The predicted molar refractivity (Wildman–Crippen MR) is 113 cm³/mol. The highest BCUT2D eigenvalue weighted by molar-refractivity contribution is 5.76. The number of hydrogen-bond donors (Lipinski definition) is 1. The van der Waals surface area contributed by atoms with Crippen molar-refractivity contribution in [3.63, 3.8) is 0 Å². The van der Waals surface area contributed by atoms with Gasteiger partial charge in [-0.1, -0.05) is 29.8 Å². The summed E-state index contributed by atoms with van der Waals surface area (Å²) < 4.78 is 16.3. The molecule has 1 heterocycles. The van der Waals surface area contributed by atoms with Crippen molar-refractivity contribution in [3.05, 3.63) is 65.5 Å². The van der Waals surface area contributed by atoms with Crippen LogP contribution in [0.25, 0.3) is 11.5 Å². The highest BCUT2D eigenvalue weighted by Crippen LogP contribution is 2.25. The first-order valence-corrected chi connectivity index (χ1v) is 9.86. The lowest BCUT2D eigenvalue weighted by molar-refractivity contribution is -0.150. The van der Waals surface area contributed by atoms with E-state index in [9.17, 15) is 9.59 Å². The minimum Gasteiger partial charge on any atom is -0.497 e. The molecule has 0 bridgehead atoms. The second-order valence-corrected chi connectivity index (χ2v) is 7.17. The summed E-state index contributed by atoms with van der Waals surface area (Å²) in [6.45, 7) is 5.05. The largest absolute Gasteiger partial charge is 0.497 e. The number of benzene rings is 2. The first-order valence-electron chi connectivity index (χ1n) is 9.86. The van der Waals surface area contributed by atoms with Crippen molar-refractivity contribution in [2.75, 3.05) is 7.11 Å². The maximum atomic E-state index is 12.5. The molecule has 31 heavy (non-hydrogen) atoms. The molecule has 0 saturated heterocycles. The lowest BCUT2D eigenvalue weighted by Crippen LogP contribution is -2.28. The van der Waals surface area contributed by atoms with Gasteiger partial charge in [0.2, 0.25) is 11.8 Å². The van der Waals surface area contributed by atoms with Gasteiger partial charge in [0.25, 0.3) is 5.89 Å². The average Bonchev–Trinajstić information content (AvgIpc) is 3.24. The van der Waals surface area contributed by atoms with Crippen LogP contribution >= 0.6 is 0 Å². The Morgan fingerprint density at radius 3 is 2.35 bits per heavy atom. The Bertz CT molecular complexity index is 1030. The van der Waals surface area contributed by atoms with Gasteiger partial charge in [0.15, 0.2) is 6.10 Å². The second-order valence-electron chi connectivity index (χ2n) is 7.17. The third kappa shape index (κ3) is 5.91. The number of rotatable bonds is 8. The van der Waals surface area contributed by atoms with Crippen LogP contribution in [0.5, 0.6) is 5.75 Å². The summed E-state index contributed by atoms with van der Waals surface area (Å²) in [5.74, 6) is 0.484. The summed E-state index contributed by atoms with van der Waals surface area (Å²) in [6.07, 6.45) is -0.775. The smallest absolute Gasteiger partial charge is 0.309 e. The normalized spacial score (nSPS) is 12.6. The van der Waals surface area contributed by atoms with E-state index in [2.05, 4.69) is 15.5 Å². The molecule has 1 aromatic heterocycles. The molecule has 0 aliphatic carbocycles. The third-order valence-electron chi connectivity index (χ3n) is 4.66. The van der Waals surface area contributed by atoms with Gasteiger partial charge in [-0.25, -0.2) is 0 Å². The van der Waals surface area contributed by atoms with Crippen molar-refractivity contribution < 1.29 is 23.5 Å². The van der Waals surface area contributed by atoms with Gasteiger partial charge in [0, 0.05) is 12.5 Å². The van der Waals surface area contributed by atoms with E-state index >= 15 is 0 Å². The molecule has 2 aromatic carbocycles. The van der Waals surface area contributed by atoms with E-state index in [-0.39, 0.29) is 18.2 Å². The lowest BCUT2D eigenvalue weighted by atomic mass is 10.0. The van der Waals surface area contributed by atoms with Crippen LogP contribution in [-0.4, -0.2) is 29.2 Å². The van der Waals surface area contributed by atoms with Gasteiger partial charge in [-0.05, 0) is 43.7 Å². The van der Waals surface area contributed by atoms with Gasteiger partial charge in [0.1, 0.15) is 5.75 Å². The average molecular weight is 423 g/mol. The van der Waals surface area contributed by atoms with Gasteiger partial charge in [-0.3, -0.25) is 9.59 Å². The molecule has 2 unspecified atom stereocenters. The molecule has 3 rings (SSSR count). The molecule has 0 radical (unpaired) electrons. The molecule has 0 aliphatic rings. The second kappa shape index (κ2) is 9.88. The zero-order valence-corrected chi connectivity index (χ0v) is 17.9. The zero-order valence-electron chi connectivity index (χ0n) is 17.9. The first kappa shape index (κ1) is 22.0. The minimum atomic E-state index is -0.729. The fourth-order valence-corrected chi connectivity index (χ4v) is 3.01. The standard InChI is InChI=1S/C23H25N3O5/c1-14-5-7-18(8-6-14)23-26-25-22(31-23)15(2)30-21(28)13-20(24-16(3)27)17-9-11-19(29-4)12-10-17/h5-12,15,20H,13H2,1-4H3,(H,24,27). The molecule has 1 amide bonds. The monoisotopic (exact) mass is 423 g/mol. The number of methoxy groups -OCH3 is 1. The summed E-state index contributed by atoms with van der Waals surface area (Å²) in [5, 5.41) is 10.8. The van der Waals surface area contributed by atoms with E-state index in [0.717, 1.165) is 16.7 Å². The van der Waals surface area contributed by atoms with Crippen LogP contribution in [0.3, 0.4) is 0 Å².